The molecule has 2 aliphatic rings. The maximum atomic E-state index is 12.7. The summed E-state index contributed by atoms with van der Waals surface area (Å²) >= 11 is 0. The molecular weight excluding hydrogens is 306 g/mol. The van der Waals surface area contributed by atoms with Gasteiger partial charge in [0.15, 0.2) is 0 Å². The van der Waals surface area contributed by atoms with E-state index in [4.69, 9.17) is 4.74 Å². The minimum Gasteiger partial charge on any atom is -0.381 e. The maximum Gasteiger partial charge on any atom is 0.228 e. The molecule has 4 rings (SSSR count). The molecule has 1 atom stereocenters. The summed E-state index contributed by atoms with van der Waals surface area (Å²) in [7, 11) is 1.95. The van der Waals surface area contributed by atoms with Crippen molar-refractivity contribution >= 4 is 5.91 Å². The Hall–Kier alpha value is -2.15. The number of hydrogen-bond acceptors (Lipinski definition) is 4. The molecule has 0 bridgehead atoms. The molecule has 0 aliphatic carbocycles. The molecule has 2 aromatic heterocycles. The van der Waals surface area contributed by atoms with E-state index in [0.717, 1.165) is 55.3 Å². The van der Waals surface area contributed by atoms with Gasteiger partial charge in [0, 0.05) is 39.7 Å². The minimum absolute atomic E-state index is 0.0363. The van der Waals surface area contributed by atoms with Crippen LogP contribution >= 0.6 is 0 Å². The molecule has 0 aromatic carbocycles. The van der Waals surface area contributed by atoms with Gasteiger partial charge in [0.25, 0.3) is 0 Å². The third-order valence-electron chi connectivity index (χ3n) is 5.09. The normalized spacial score (nSPS) is 20.9. The highest BCUT2D eigenvalue weighted by Gasteiger charge is 2.30. The molecule has 0 radical (unpaired) electrons. The molecule has 0 N–H and O–H groups in total. The van der Waals surface area contributed by atoms with E-state index in [9.17, 15) is 4.79 Å². The Morgan fingerprint density at radius 1 is 1.29 bits per heavy atom. The summed E-state index contributed by atoms with van der Waals surface area (Å²) in [6, 6.07) is 0. The number of aryl methyl sites for hydroxylation is 2. The fraction of sp³-hybridized carbons (Fsp3) is 0.588. The minimum atomic E-state index is 0.0363. The standard InChI is InChI=1S/C17H23N5O2/c1-12-9-19-20(2)16(12)14-10-18-15-3-5-21(6-7-22(14)15)17(23)13-4-8-24-11-13/h9-10,13H,3-8,11H2,1-2H3/t13-/m1/s1. The molecule has 1 amide bonds. The van der Waals surface area contributed by atoms with Crippen LogP contribution in [0.1, 0.15) is 17.8 Å². The number of carbonyl (C=O) groups is 1. The SMILES string of the molecule is Cc1cnn(C)c1-c1cnc2n1CCN(C(=O)[C@@H]1CCOC1)CC2. The largest absolute Gasteiger partial charge is 0.381 e. The zero-order chi connectivity index (χ0) is 16.7. The highest BCUT2D eigenvalue weighted by molar-refractivity contribution is 5.79. The highest BCUT2D eigenvalue weighted by Crippen LogP contribution is 2.26. The smallest absolute Gasteiger partial charge is 0.228 e. The van der Waals surface area contributed by atoms with Crippen LogP contribution in [0.25, 0.3) is 11.4 Å². The van der Waals surface area contributed by atoms with E-state index in [1.807, 2.05) is 29.0 Å². The zero-order valence-corrected chi connectivity index (χ0v) is 14.2. The molecule has 0 saturated carbocycles. The van der Waals surface area contributed by atoms with Crippen LogP contribution in [-0.2, 0) is 29.5 Å². The molecule has 24 heavy (non-hydrogen) atoms. The van der Waals surface area contributed by atoms with Crippen LogP contribution in [0.15, 0.2) is 12.4 Å². The summed E-state index contributed by atoms with van der Waals surface area (Å²) in [5, 5.41) is 4.34. The molecular formula is C17H23N5O2. The molecule has 1 saturated heterocycles. The average molecular weight is 329 g/mol. The van der Waals surface area contributed by atoms with Crippen LogP contribution in [0.5, 0.6) is 0 Å². The maximum absolute atomic E-state index is 12.7. The van der Waals surface area contributed by atoms with Crippen molar-refractivity contribution in [2.75, 3.05) is 26.3 Å². The van der Waals surface area contributed by atoms with E-state index >= 15 is 0 Å². The van der Waals surface area contributed by atoms with Gasteiger partial charge in [0.2, 0.25) is 5.91 Å². The molecule has 0 spiro atoms. The fourth-order valence-corrected chi connectivity index (χ4v) is 3.74. The number of amides is 1. The van der Waals surface area contributed by atoms with Crippen LogP contribution in [0.3, 0.4) is 0 Å². The molecule has 1 fully saturated rings. The first kappa shape index (κ1) is 15.4. The summed E-state index contributed by atoms with van der Waals surface area (Å²) in [5.74, 6) is 1.31. The van der Waals surface area contributed by atoms with Crippen LogP contribution in [0.4, 0.5) is 0 Å². The second-order valence-corrected chi connectivity index (χ2v) is 6.65. The van der Waals surface area contributed by atoms with Crippen molar-refractivity contribution in [3.63, 3.8) is 0 Å². The highest BCUT2D eigenvalue weighted by atomic mass is 16.5. The summed E-state index contributed by atoms with van der Waals surface area (Å²) < 4.78 is 9.50. The lowest BCUT2D eigenvalue weighted by Crippen LogP contribution is -2.38. The zero-order valence-electron chi connectivity index (χ0n) is 14.2. The van der Waals surface area contributed by atoms with Crippen LogP contribution in [0, 0.1) is 12.8 Å². The Morgan fingerprint density at radius 3 is 2.88 bits per heavy atom. The van der Waals surface area contributed by atoms with Crippen molar-refractivity contribution in [3.8, 4) is 11.4 Å². The predicted octanol–water partition coefficient (Wildman–Crippen LogP) is 1.01. The van der Waals surface area contributed by atoms with Gasteiger partial charge >= 0.3 is 0 Å². The lowest BCUT2D eigenvalue weighted by Gasteiger charge is -2.23. The monoisotopic (exact) mass is 329 g/mol. The summed E-state index contributed by atoms with van der Waals surface area (Å²) in [5.41, 5.74) is 3.32. The Balaban J connectivity index is 1.57. The number of hydrogen-bond donors (Lipinski definition) is 0. The Morgan fingerprint density at radius 2 is 2.17 bits per heavy atom. The second-order valence-electron chi connectivity index (χ2n) is 6.65. The van der Waals surface area contributed by atoms with Gasteiger partial charge in [-0.3, -0.25) is 9.48 Å². The lowest BCUT2D eigenvalue weighted by molar-refractivity contribution is -0.135. The lowest BCUT2D eigenvalue weighted by atomic mass is 10.1. The average Bonchev–Trinajstić information content (AvgIpc) is 3.26. The summed E-state index contributed by atoms with van der Waals surface area (Å²) in [6.07, 6.45) is 5.44. The van der Waals surface area contributed by atoms with Crippen LogP contribution in [0.2, 0.25) is 0 Å². The van der Waals surface area contributed by atoms with Crippen molar-refractivity contribution in [3.05, 3.63) is 23.8 Å². The molecule has 7 heteroatoms. The van der Waals surface area contributed by atoms with E-state index in [1.54, 1.807) is 0 Å². The van der Waals surface area contributed by atoms with E-state index in [0.29, 0.717) is 13.2 Å². The first-order valence-electron chi connectivity index (χ1n) is 8.55. The van der Waals surface area contributed by atoms with Gasteiger partial charge in [-0.2, -0.15) is 5.10 Å². The number of carbonyl (C=O) groups excluding carboxylic acids is 1. The van der Waals surface area contributed by atoms with Crippen LogP contribution in [-0.4, -0.2) is 56.4 Å². The first-order valence-corrected chi connectivity index (χ1v) is 8.55. The number of rotatable bonds is 2. The van der Waals surface area contributed by atoms with Gasteiger partial charge in [-0.05, 0) is 18.9 Å². The van der Waals surface area contributed by atoms with Gasteiger partial charge in [-0.15, -0.1) is 0 Å². The van der Waals surface area contributed by atoms with E-state index in [1.165, 1.54) is 0 Å². The summed E-state index contributed by atoms with van der Waals surface area (Å²) in [4.78, 5) is 19.2. The van der Waals surface area contributed by atoms with Crippen molar-refractivity contribution in [1.29, 1.82) is 0 Å². The van der Waals surface area contributed by atoms with Gasteiger partial charge in [-0.1, -0.05) is 0 Å². The quantitative estimate of drug-likeness (QED) is 0.825. The second kappa shape index (κ2) is 6.05. The molecule has 0 unspecified atom stereocenters. The Bertz CT molecular complexity index is 738. The van der Waals surface area contributed by atoms with Crippen molar-refractivity contribution < 1.29 is 9.53 Å². The summed E-state index contributed by atoms with van der Waals surface area (Å²) in [6.45, 7) is 5.57. The van der Waals surface area contributed by atoms with Gasteiger partial charge in [-0.25, -0.2) is 4.98 Å². The van der Waals surface area contributed by atoms with E-state index in [-0.39, 0.29) is 11.8 Å². The molecule has 128 valence electrons. The number of fused-ring (bicyclic) bond motifs is 1. The number of imidazole rings is 1. The number of ether oxygens (including phenoxy) is 1. The van der Waals surface area contributed by atoms with Gasteiger partial charge in [0.05, 0.1) is 36.3 Å². The Labute approximate surface area is 141 Å². The first-order chi connectivity index (χ1) is 11.6. The van der Waals surface area contributed by atoms with Crippen LogP contribution < -0.4 is 0 Å². The van der Waals surface area contributed by atoms with E-state index in [2.05, 4.69) is 21.6 Å². The molecule has 7 nitrogen and oxygen atoms in total. The Kier molecular flexibility index (Phi) is 3.88. The molecule has 2 aromatic rings. The number of aromatic nitrogens is 4. The fourth-order valence-electron chi connectivity index (χ4n) is 3.74. The molecule has 4 heterocycles. The topological polar surface area (TPSA) is 65.2 Å². The number of nitrogens with zero attached hydrogens (tertiary/aromatic N) is 5. The van der Waals surface area contributed by atoms with Crippen molar-refractivity contribution in [2.45, 2.75) is 26.3 Å². The van der Waals surface area contributed by atoms with Gasteiger partial charge in [0.1, 0.15) is 5.82 Å². The van der Waals surface area contributed by atoms with Crippen molar-refractivity contribution in [2.24, 2.45) is 13.0 Å². The predicted molar refractivity (Wildman–Crippen MR) is 88.4 cm³/mol. The van der Waals surface area contributed by atoms with Gasteiger partial charge < -0.3 is 14.2 Å². The third-order valence-corrected chi connectivity index (χ3v) is 5.09. The molecule has 2 aliphatic heterocycles. The van der Waals surface area contributed by atoms with E-state index < -0.39 is 0 Å². The third kappa shape index (κ3) is 2.53. The van der Waals surface area contributed by atoms with Crippen molar-refractivity contribution in [1.82, 2.24) is 24.2 Å².